The fraction of sp³-hybridized carbons (Fsp3) is 0.375. The molecular weight excluding hydrogens is 297 g/mol. The molecule has 1 aliphatic carbocycles. The fourth-order valence-corrected chi connectivity index (χ4v) is 3.96. The van der Waals surface area contributed by atoms with E-state index in [-0.39, 0.29) is 6.42 Å². The zero-order valence-corrected chi connectivity index (χ0v) is 12.1. The van der Waals surface area contributed by atoms with Gasteiger partial charge in [-0.3, -0.25) is 0 Å². The van der Waals surface area contributed by atoms with E-state index < -0.39 is 17.8 Å². The van der Waals surface area contributed by atoms with Crippen LogP contribution in [0.4, 0.5) is 13.2 Å². The first-order valence-corrected chi connectivity index (χ1v) is 7.71. The number of aryl methyl sites for hydroxylation is 2. The highest BCUT2D eigenvalue weighted by atomic mass is 32.1. The lowest BCUT2D eigenvalue weighted by atomic mass is 10.0. The maximum Gasteiger partial charge on any atom is 0.416 e. The number of hydrogen-bond donors (Lipinski definition) is 1. The van der Waals surface area contributed by atoms with Gasteiger partial charge in [0, 0.05) is 16.2 Å². The molecule has 21 heavy (non-hydrogen) atoms. The summed E-state index contributed by atoms with van der Waals surface area (Å²) in [6.45, 7) is 0. The van der Waals surface area contributed by atoms with E-state index >= 15 is 0 Å². The van der Waals surface area contributed by atoms with Crippen molar-refractivity contribution in [2.24, 2.45) is 0 Å². The van der Waals surface area contributed by atoms with E-state index in [1.54, 1.807) is 17.4 Å². The molecule has 0 saturated heterocycles. The molecule has 1 atom stereocenters. The van der Waals surface area contributed by atoms with Crippen molar-refractivity contribution in [1.82, 2.24) is 0 Å². The van der Waals surface area contributed by atoms with Crippen LogP contribution < -0.4 is 0 Å². The van der Waals surface area contributed by atoms with Gasteiger partial charge in [-0.2, -0.15) is 13.2 Å². The van der Waals surface area contributed by atoms with Crippen molar-refractivity contribution in [3.63, 3.8) is 0 Å². The molecule has 1 aliphatic rings. The monoisotopic (exact) mass is 312 g/mol. The quantitative estimate of drug-likeness (QED) is 0.882. The van der Waals surface area contributed by atoms with E-state index in [0.717, 1.165) is 36.3 Å². The molecule has 0 spiro atoms. The maximum atomic E-state index is 12.7. The molecule has 5 heteroatoms. The summed E-state index contributed by atoms with van der Waals surface area (Å²) in [5, 5.41) is 10.3. The van der Waals surface area contributed by atoms with E-state index in [1.165, 1.54) is 16.5 Å². The lowest BCUT2D eigenvalue weighted by Crippen LogP contribution is -2.06. The average molecular weight is 312 g/mol. The predicted molar refractivity (Wildman–Crippen MR) is 76.5 cm³/mol. The largest absolute Gasteiger partial charge is 0.416 e. The molecule has 0 fully saturated rings. The second kappa shape index (κ2) is 5.46. The summed E-state index contributed by atoms with van der Waals surface area (Å²) in [5.74, 6) is 0. The average Bonchev–Trinajstić information content (AvgIpc) is 2.98. The predicted octanol–water partition coefficient (Wildman–Crippen LogP) is 4.53. The maximum absolute atomic E-state index is 12.7. The summed E-state index contributed by atoms with van der Waals surface area (Å²) in [5.41, 5.74) is 1.13. The van der Waals surface area contributed by atoms with Gasteiger partial charge >= 0.3 is 6.18 Å². The summed E-state index contributed by atoms with van der Waals surface area (Å²) < 4.78 is 38.0. The van der Waals surface area contributed by atoms with Gasteiger partial charge in [-0.15, -0.1) is 11.3 Å². The van der Waals surface area contributed by atoms with Crippen LogP contribution in [0.2, 0.25) is 0 Å². The number of aliphatic hydroxyl groups is 1. The molecule has 1 aromatic carbocycles. The van der Waals surface area contributed by atoms with E-state index in [9.17, 15) is 18.3 Å². The molecule has 0 aliphatic heterocycles. The van der Waals surface area contributed by atoms with Gasteiger partial charge in [0.15, 0.2) is 0 Å². The van der Waals surface area contributed by atoms with Crippen molar-refractivity contribution in [2.75, 3.05) is 0 Å². The van der Waals surface area contributed by atoms with Gasteiger partial charge in [-0.1, -0.05) is 18.2 Å². The van der Waals surface area contributed by atoms with Gasteiger partial charge in [0.1, 0.15) is 0 Å². The van der Waals surface area contributed by atoms with Crippen LogP contribution in [0.15, 0.2) is 30.3 Å². The Kier molecular flexibility index (Phi) is 3.80. The van der Waals surface area contributed by atoms with E-state index in [1.807, 2.05) is 6.07 Å². The van der Waals surface area contributed by atoms with Crippen molar-refractivity contribution in [3.05, 3.63) is 56.8 Å². The van der Waals surface area contributed by atoms with Gasteiger partial charge in [-0.05, 0) is 42.5 Å². The molecule has 1 aromatic heterocycles. The minimum atomic E-state index is -4.34. The van der Waals surface area contributed by atoms with Crippen LogP contribution in [0.5, 0.6) is 0 Å². The van der Waals surface area contributed by atoms with Gasteiger partial charge in [0.05, 0.1) is 11.7 Å². The van der Waals surface area contributed by atoms with Crippen molar-refractivity contribution in [1.29, 1.82) is 0 Å². The number of fused-ring (bicyclic) bond motifs is 1. The third-order valence-corrected chi connectivity index (χ3v) is 5.12. The molecule has 0 radical (unpaired) electrons. The topological polar surface area (TPSA) is 20.2 Å². The van der Waals surface area contributed by atoms with Gasteiger partial charge in [0.2, 0.25) is 0 Å². The number of hydrogen-bond acceptors (Lipinski definition) is 2. The van der Waals surface area contributed by atoms with Crippen LogP contribution in [-0.4, -0.2) is 5.11 Å². The van der Waals surface area contributed by atoms with Crippen LogP contribution in [-0.2, 0) is 25.4 Å². The number of alkyl halides is 3. The summed E-state index contributed by atoms with van der Waals surface area (Å²) in [4.78, 5) is 2.17. The van der Waals surface area contributed by atoms with Crippen LogP contribution in [0.3, 0.4) is 0 Å². The second-order valence-electron chi connectivity index (χ2n) is 5.37. The highest BCUT2D eigenvalue weighted by Gasteiger charge is 2.30. The Labute approximate surface area is 125 Å². The Bertz CT molecular complexity index is 624. The Morgan fingerprint density at radius 3 is 2.71 bits per heavy atom. The number of thiophene rings is 1. The Morgan fingerprint density at radius 2 is 2.00 bits per heavy atom. The van der Waals surface area contributed by atoms with Crippen molar-refractivity contribution >= 4 is 11.3 Å². The van der Waals surface area contributed by atoms with E-state index in [2.05, 4.69) is 0 Å². The SMILES string of the molecule is OC(Cc1cccc(C(F)(F)F)c1)c1cc2c(s1)CCC2. The Morgan fingerprint density at radius 1 is 1.19 bits per heavy atom. The highest BCUT2D eigenvalue weighted by Crippen LogP contribution is 2.35. The first kappa shape index (κ1) is 14.6. The number of aliphatic hydroxyl groups excluding tert-OH is 1. The van der Waals surface area contributed by atoms with Crippen molar-refractivity contribution in [3.8, 4) is 0 Å². The van der Waals surface area contributed by atoms with Crippen LogP contribution >= 0.6 is 11.3 Å². The first-order chi connectivity index (χ1) is 9.93. The molecular formula is C16H15F3OS. The summed E-state index contributed by atoms with van der Waals surface area (Å²) >= 11 is 1.59. The smallest absolute Gasteiger partial charge is 0.387 e. The molecule has 0 bridgehead atoms. The van der Waals surface area contributed by atoms with E-state index in [0.29, 0.717) is 5.56 Å². The number of rotatable bonds is 3. The standard InChI is InChI=1S/C16H15F3OS/c17-16(18,19)12-5-1-3-10(7-12)8-13(20)15-9-11-4-2-6-14(11)21-15/h1,3,5,7,9,13,20H,2,4,6,8H2. The molecule has 1 heterocycles. The van der Waals surface area contributed by atoms with Gasteiger partial charge in [-0.25, -0.2) is 0 Å². The van der Waals surface area contributed by atoms with Gasteiger partial charge in [0.25, 0.3) is 0 Å². The van der Waals surface area contributed by atoms with Gasteiger partial charge < -0.3 is 5.11 Å². The zero-order valence-electron chi connectivity index (χ0n) is 11.3. The lowest BCUT2D eigenvalue weighted by Gasteiger charge is -2.11. The Hall–Kier alpha value is -1.33. The normalized spacial score (nSPS) is 16.0. The molecule has 1 nitrogen and oxygen atoms in total. The zero-order chi connectivity index (χ0) is 15.0. The molecule has 2 aromatic rings. The minimum Gasteiger partial charge on any atom is -0.387 e. The third-order valence-electron chi connectivity index (χ3n) is 3.78. The Balaban J connectivity index is 1.76. The van der Waals surface area contributed by atoms with Crippen molar-refractivity contribution in [2.45, 2.75) is 38.0 Å². The molecule has 3 rings (SSSR count). The summed E-state index contributed by atoms with van der Waals surface area (Å²) in [7, 11) is 0. The van der Waals surface area contributed by atoms with Crippen LogP contribution in [0.25, 0.3) is 0 Å². The summed E-state index contributed by atoms with van der Waals surface area (Å²) in [6, 6.07) is 7.18. The minimum absolute atomic E-state index is 0.212. The second-order valence-corrected chi connectivity index (χ2v) is 6.54. The summed E-state index contributed by atoms with van der Waals surface area (Å²) in [6.07, 6.45) is -1.61. The number of halogens is 3. The number of benzene rings is 1. The van der Waals surface area contributed by atoms with E-state index in [4.69, 9.17) is 0 Å². The fourth-order valence-electron chi connectivity index (χ4n) is 2.71. The first-order valence-electron chi connectivity index (χ1n) is 6.89. The molecule has 112 valence electrons. The molecule has 0 saturated carbocycles. The van der Waals surface area contributed by atoms with Crippen LogP contribution in [0, 0.1) is 0 Å². The molecule has 0 amide bonds. The molecule has 1 N–H and O–H groups in total. The highest BCUT2D eigenvalue weighted by molar-refractivity contribution is 7.12. The van der Waals surface area contributed by atoms with Crippen LogP contribution in [0.1, 0.15) is 39.0 Å². The lowest BCUT2D eigenvalue weighted by molar-refractivity contribution is -0.137. The molecule has 1 unspecified atom stereocenters. The third kappa shape index (κ3) is 3.14. The van der Waals surface area contributed by atoms with Crippen molar-refractivity contribution < 1.29 is 18.3 Å².